The molecular formula is C19H21FN2O3. The third kappa shape index (κ3) is 4.26. The molecule has 0 spiro atoms. The molecule has 0 aliphatic heterocycles. The number of pyridine rings is 1. The minimum atomic E-state index is -0.403. The molecule has 2 aromatic rings. The van der Waals surface area contributed by atoms with Gasteiger partial charge in [0.2, 0.25) is 5.91 Å². The molecule has 1 aromatic heterocycles. The Morgan fingerprint density at radius 2 is 1.96 bits per heavy atom. The van der Waals surface area contributed by atoms with E-state index < -0.39 is 5.56 Å². The number of hydrogen-bond donors (Lipinski definition) is 2. The molecule has 0 unspecified atom stereocenters. The summed E-state index contributed by atoms with van der Waals surface area (Å²) in [7, 11) is 0. The topological polar surface area (TPSA) is 71.3 Å². The first kappa shape index (κ1) is 17.2. The quantitative estimate of drug-likeness (QED) is 0.843. The molecule has 0 bridgehead atoms. The van der Waals surface area contributed by atoms with E-state index in [2.05, 4.69) is 5.32 Å². The maximum absolute atomic E-state index is 13.0. The number of aromatic nitrogens is 1. The number of nitrogens with zero attached hydrogens (tertiary/aromatic N) is 1. The molecule has 1 heterocycles. The highest BCUT2D eigenvalue weighted by Crippen LogP contribution is 2.47. The lowest BCUT2D eigenvalue weighted by atomic mass is 9.96. The summed E-state index contributed by atoms with van der Waals surface area (Å²) in [6.45, 7) is 2.14. The number of carbonyl (C=O) groups is 1. The molecule has 1 aliphatic rings. The lowest BCUT2D eigenvalue weighted by Gasteiger charge is -2.17. The summed E-state index contributed by atoms with van der Waals surface area (Å²) in [5.74, 6) is -0.590. The van der Waals surface area contributed by atoms with Gasteiger partial charge in [-0.15, -0.1) is 0 Å². The Hall–Kier alpha value is -2.63. The summed E-state index contributed by atoms with van der Waals surface area (Å²) in [6.07, 6.45) is 2.83. The number of amides is 1. The summed E-state index contributed by atoms with van der Waals surface area (Å²) < 4.78 is 14.3. The zero-order valence-electron chi connectivity index (χ0n) is 14.1. The van der Waals surface area contributed by atoms with Crippen LogP contribution in [0.25, 0.3) is 0 Å². The van der Waals surface area contributed by atoms with Crippen LogP contribution in [0.4, 0.5) is 4.39 Å². The van der Waals surface area contributed by atoms with E-state index in [0.29, 0.717) is 12.2 Å². The van der Waals surface area contributed by atoms with E-state index in [1.165, 1.54) is 22.8 Å². The van der Waals surface area contributed by atoms with Crippen molar-refractivity contribution in [2.24, 2.45) is 5.41 Å². The zero-order chi connectivity index (χ0) is 18.0. The smallest absolute Gasteiger partial charge is 0.254 e. The summed E-state index contributed by atoms with van der Waals surface area (Å²) in [5.41, 5.74) is 1.22. The van der Waals surface area contributed by atoms with E-state index in [9.17, 15) is 19.1 Å². The fourth-order valence-electron chi connectivity index (χ4n) is 3.03. The minimum Gasteiger partial charge on any atom is -0.508 e. The second-order valence-corrected chi connectivity index (χ2v) is 6.86. The Bertz CT molecular complexity index is 839. The molecule has 25 heavy (non-hydrogen) atoms. The van der Waals surface area contributed by atoms with E-state index in [-0.39, 0.29) is 29.4 Å². The predicted octanol–water partition coefficient (Wildman–Crippen LogP) is 2.14. The van der Waals surface area contributed by atoms with Gasteiger partial charge in [-0.1, -0.05) is 12.1 Å². The van der Waals surface area contributed by atoms with Crippen molar-refractivity contribution in [1.82, 2.24) is 9.88 Å². The van der Waals surface area contributed by atoms with Crippen LogP contribution in [-0.2, 0) is 17.8 Å². The monoisotopic (exact) mass is 344 g/mol. The van der Waals surface area contributed by atoms with Crippen molar-refractivity contribution in [2.45, 2.75) is 32.7 Å². The average Bonchev–Trinajstić information content (AvgIpc) is 3.31. The number of halogens is 1. The van der Waals surface area contributed by atoms with Gasteiger partial charge in [-0.2, -0.15) is 0 Å². The van der Waals surface area contributed by atoms with Crippen molar-refractivity contribution in [3.8, 4) is 5.75 Å². The van der Waals surface area contributed by atoms with Gasteiger partial charge in [-0.3, -0.25) is 9.59 Å². The molecule has 1 saturated carbocycles. The molecule has 1 amide bonds. The molecule has 3 rings (SSSR count). The molecule has 5 nitrogen and oxygen atoms in total. The van der Waals surface area contributed by atoms with E-state index in [1.807, 2.05) is 0 Å². The largest absolute Gasteiger partial charge is 0.508 e. The van der Waals surface area contributed by atoms with Crippen LogP contribution in [-0.4, -0.2) is 22.1 Å². The van der Waals surface area contributed by atoms with Crippen molar-refractivity contribution < 1.29 is 14.3 Å². The number of hydrogen-bond acceptors (Lipinski definition) is 3. The maximum atomic E-state index is 13.0. The number of rotatable bonds is 6. The van der Waals surface area contributed by atoms with Crippen LogP contribution in [0, 0.1) is 18.2 Å². The highest BCUT2D eigenvalue weighted by Gasteiger charge is 2.42. The first-order valence-corrected chi connectivity index (χ1v) is 8.29. The number of carbonyl (C=O) groups excluding carboxylic acids is 1. The normalized spacial score (nSPS) is 15.0. The molecular weight excluding hydrogens is 323 g/mol. The van der Waals surface area contributed by atoms with Gasteiger partial charge in [-0.25, -0.2) is 4.39 Å². The van der Waals surface area contributed by atoms with Gasteiger partial charge in [0.1, 0.15) is 18.1 Å². The molecule has 1 aliphatic carbocycles. The average molecular weight is 344 g/mol. The highest BCUT2D eigenvalue weighted by atomic mass is 19.1. The van der Waals surface area contributed by atoms with E-state index >= 15 is 0 Å². The zero-order valence-corrected chi connectivity index (χ0v) is 14.1. The molecule has 132 valence electrons. The Labute approximate surface area is 145 Å². The number of aryl methyl sites for hydroxylation is 1. The Kier molecular flexibility index (Phi) is 4.61. The van der Waals surface area contributed by atoms with Crippen molar-refractivity contribution >= 4 is 5.91 Å². The van der Waals surface area contributed by atoms with Gasteiger partial charge in [0.05, 0.1) is 0 Å². The molecule has 2 N–H and O–H groups in total. The fourth-order valence-corrected chi connectivity index (χ4v) is 3.03. The first-order valence-electron chi connectivity index (χ1n) is 8.29. The molecule has 1 aromatic carbocycles. The van der Waals surface area contributed by atoms with Crippen LogP contribution in [0.15, 0.2) is 41.2 Å². The predicted molar refractivity (Wildman–Crippen MR) is 91.9 cm³/mol. The van der Waals surface area contributed by atoms with Gasteiger partial charge >= 0.3 is 0 Å². The van der Waals surface area contributed by atoms with Gasteiger partial charge in [0.15, 0.2) is 0 Å². The lowest BCUT2D eigenvalue weighted by molar-refractivity contribution is -0.122. The Balaban J connectivity index is 1.57. The van der Waals surface area contributed by atoms with Crippen LogP contribution in [0.2, 0.25) is 0 Å². The van der Waals surface area contributed by atoms with Crippen LogP contribution in [0.1, 0.15) is 24.1 Å². The van der Waals surface area contributed by atoms with Gasteiger partial charge < -0.3 is 15.0 Å². The summed E-state index contributed by atoms with van der Waals surface area (Å²) in [4.78, 5) is 24.1. The van der Waals surface area contributed by atoms with Crippen LogP contribution < -0.4 is 10.9 Å². The lowest BCUT2D eigenvalue weighted by Crippen LogP contribution is -2.36. The van der Waals surface area contributed by atoms with Crippen LogP contribution in [0.3, 0.4) is 0 Å². The second kappa shape index (κ2) is 6.70. The van der Waals surface area contributed by atoms with Crippen molar-refractivity contribution in [3.63, 3.8) is 0 Å². The summed E-state index contributed by atoms with van der Waals surface area (Å²) in [5, 5.41) is 12.3. The first-order chi connectivity index (χ1) is 11.9. The van der Waals surface area contributed by atoms with E-state index in [1.54, 1.807) is 19.1 Å². The van der Waals surface area contributed by atoms with E-state index in [0.717, 1.165) is 30.9 Å². The number of aromatic hydroxyl groups is 1. The fraction of sp³-hybridized carbons (Fsp3) is 0.368. The molecule has 0 radical (unpaired) electrons. The Morgan fingerprint density at radius 1 is 1.28 bits per heavy atom. The Morgan fingerprint density at radius 3 is 2.56 bits per heavy atom. The third-order valence-corrected chi connectivity index (χ3v) is 4.73. The summed E-state index contributed by atoms with van der Waals surface area (Å²) >= 11 is 0. The van der Waals surface area contributed by atoms with Gasteiger partial charge in [0.25, 0.3) is 5.56 Å². The minimum absolute atomic E-state index is 0.0302. The van der Waals surface area contributed by atoms with Gasteiger partial charge in [-0.05, 0) is 55.4 Å². The third-order valence-electron chi connectivity index (χ3n) is 4.73. The molecule has 6 heteroatoms. The molecule has 1 fully saturated rings. The molecule has 0 atom stereocenters. The molecule has 0 saturated heterocycles. The van der Waals surface area contributed by atoms with Crippen molar-refractivity contribution in [1.29, 1.82) is 0 Å². The maximum Gasteiger partial charge on any atom is 0.254 e. The summed E-state index contributed by atoms with van der Waals surface area (Å²) in [6, 6.07) is 8.99. The van der Waals surface area contributed by atoms with E-state index in [4.69, 9.17) is 0 Å². The SMILES string of the molecule is Cc1cc(O)cc(=O)n1CC(=O)NCC1(Cc2ccc(F)cc2)CC1. The van der Waals surface area contributed by atoms with Crippen LogP contribution in [0.5, 0.6) is 5.75 Å². The number of nitrogens with one attached hydrogen (secondary N) is 1. The van der Waals surface area contributed by atoms with Crippen LogP contribution >= 0.6 is 0 Å². The van der Waals surface area contributed by atoms with Crippen molar-refractivity contribution in [3.05, 3.63) is 63.8 Å². The van der Waals surface area contributed by atoms with Crippen molar-refractivity contribution in [2.75, 3.05) is 6.54 Å². The highest BCUT2D eigenvalue weighted by molar-refractivity contribution is 5.75. The standard InChI is InChI=1S/C19H21FN2O3/c1-13-8-16(23)9-18(25)22(13)11-17(24)21-12-19(6-7-19)10-14-2-4-15(20)5-3-14/h2-5,8-9,23H,6-7,10-12H2,1H3,(H,21,24). The number of benzene rings is 1. The van der Waals surface area contributed by atoms with Gasteiger partial charge in [0, 0.05) is 18.3 Å². The second-order valence-electron chi connectivity index (χ2n) is 6.86.